The fourth-order valence-electron chi connectivity index (χ4n) is 1.97. The van der Waals surface area contributed by atoms with Crippen molar-refractivity contribution in [3.05, 3.63) is 29.3 Å². The van der Waals surface area contributed by atoms with Crippen molar-refractivity contribution in [2.24, 2.45) is 0 Å². The van der Waals surface area contributed by atoms with Crippen LogP contribution in [0.25, 0.3) is 10.2 Å². The Bertz CT molecular complexity index is 547. The van der Waals surface area contributed by atoms with Gasteiger partial charge in [-0.05, 0) is 51.4 Å². The summed E-state index contributed by atoms with van der Waals surface area (Å²) in [7, 11) is 4.16. The normalized spacial score (nSPS) is 11.0. The van der Waals surface area contributed by atoms with Crippen molar-refractivity contribution < 1.29 is 0 Å². The first-order valence-electron chi connectivity index (χ1n) is 7.16. The lowest BCUT2D eigenvalue weighted by Crippen LogP contribution is -2.37. The molecule has 0 aliphatic heterocycles. The van der Waals surface area contributed by atoms with E-state index in [1.54, 1.807) is 11.3 Å². The SMILES string of the molecule is CN(C)CCCNC(=S)NCCc1nc2ccccc2s1. The Kier molecular flexibility index (Phi) is 6.35. The second kappa shape index (κ2) is 8.26. The van der Waals surface area contributed by atoms with Crippen LogP contribution < -0.4 is 10.6 Å². The molecule has 0 saturated carbocycles. The van der Waals surface area contributed by atoms with Crippen LogP contribution >= 0.6 is 23.6 Å². The molecule has 0 atom stereocenters. The number of thiocarbonyl (C=S) groups is 1. The maximum Gasteiger partial charge on any atom is 0.166 e. The molecule has 0 radical (unpaired) electrons. The largest absolute Gasteiger partial charge is 0.363 e. The van der Waals surface area contributed by atoms with E-state index in [2.05, 4.69) is 52.8 Å². The van der Waals surface area contributed by atoms with Gasteiger partial charge in [0.2, 0.25) is 0 Å². The van der Waals surface area contributed by atoms with Crippen molar-refractivity contribution in [3.63, 3.8) is 0 Å². The molecule has 0 unspecified atom stereocenters. The standard InChI is InChI=1S/C15H22N4S2/c1-19(2)11-5-9-16-15(20)17-10-8-14-18-12-6-3-4-7-13(12)21-14/h3-4,6-7H,5,8-11H2,1-2H3,(H2,16,17,20). The zero-order valence-electron chi connectivity index (χ0n) is 12.6. The molecule has 0 saturated heterocycles. The summed E-state index contributed by atoms with van der Waals surface area (Å²) in [4.78, 5) is 6.79. The fourth-order valence-corrected chi connectivity index (χ4v) is 3.14. The average Bonchev–Trinajstić information content (AvgIpc) is 2.86. The van der Waals surface area contributed by atoms with E-state index in [0.717, 1.165) is 48.1 Å². The summed E-state index contributed by atoms with van der Waals surface area (Å²) in [6, 6.07) is 8.24. The highest BCUT2D eigenvalue weighted by Gasteiger charge is 2.03. The number of aromatic nitrogens is 1. The Hall–Kier alpha value is -1.24. The second-order valence-electron chi connectivity index (χ2n) is 5.16. The predicted molar refractivity (Wildman–Crippen MR) is 95.1 cm³/mol. The van der Waals surface area contributed by atoms with Gasteiger partial charge in [0.1, 0.15) is 0 Å². The number of hydrogen-bond donors (Lipinski definition) is 2. The smallest absolute Gasteiger partial charge is 0.166 e. The van der Waals surface area contributed by atoms with Crippen LogP contribution in [0, 0.1) is 0 Å². The fraction of sp³-hybridized carbons (Fsp3) is 0.467. The summed E-state index contributed by atoms with van der Waals surface area (Å²) in [5.41, 5.74) is 1.09. The number of nitrogens with zero attached hydrogens (tertiary/aromatic N) is 2. The Morgan fingerprint density at radius 3 is 2.76 bits per heavy atom. The number of rotatable bonds is 7. The van der Waals surface area contributed by atoms with Crippen LogP contribution in [-0.4, -0.2) is 48.7 Å². The molecule has 1 heterocycles. The van der Waals surface area contributed by atoms with E-state index in [-0.39, 0.29) is 0 Å². The summed E-state index contributed by atoms with van der Waals surface area (Å²) in [6.45, 7) is 2.80. The van der Waals surface area contributed by atoms with Crippen molar-refractivity contribution in [3.8, 4) is 0 Å². The van der Waals surface area contributed by atoms with Crippen molar-refractivity contribution in [2.45, 2.75) is 12.8 Å². The van der Waals surface area contributed by atoms with Gasteiger partial charge in [-0.2, -0.15) is 0 Å². The summed E-state index contributed by atoms with van der Waals surface area (Å²) < 4.78 is 1.25. The third kappa shape index (κ3) is 5.57. The van der Waals surface area contributed by atoms with Gasteiger partial charge in [0.15, 0.2) is 5.11 Å². The third-order valence-corrected chi connectivity index (χ3v) is 4.42. The number of benzene rings is 1. The highest BCUT2D eigenvalue weighted by atomic mass is 32.1. The molecule has 0 aliphatic rings. The number of nitrogens with one attached hydrogen (secondary N) is 2. The molecule has 2 rings (SSSR count). The molecule has 0 amide bonds. The van der Waals surface area contributed by atoms with Crippen LogP contribution in [0.4, 0.5) is 0 Å². The summed E-state index contributed by atoms with van der Waals surface area (Å²) in [5.74, 6) is 0. The molecule has 1 aromatic carbocycles. The van der Waals surface area contributed by atoms with Crippen molar-refractivity contribution in [1.82, 2.24) is 20.5 Å². The van der Waals surface area contributed by atoms with E-state index in [1.807, 2.05) is 6.07 Å². The minimum Gasteiger partial charge on any atom is -0.363 e. The summed E-state index contributed by atoms with van der Waals surface area (Å²) >= 11 is 7.01. The molecular formula is C15H22N4S2. The minimum absolute atomic E-state index is 0.731. The second-order valence-corrected chi connectivity index (χ2v) is 6.69. The molecule has 0 aliphatic carbocycles. The number of hydrogen-bond acceptors (Lipinski definition) is 4. The Morgan fingerprint density at radius 1 is 1.24 bits per heavy atom. The van der Waals surface area contributed by atoms with E-state index in [9.17, 15) is 0 Å². The van der Waals surface area contributed by atoms with E-state index >= 15 is 0 Å². The molecule has 2 N–H and O–H groups in total. The Labute approximate surface area is 135 Å². The van der Waals surface area contributed by atoms with E-state index in [4.69, 9.17) is 12.2 Å². The van der Waals surface area contributed by atoms with Crippen molar-refractivity contribution >= 4 is 38.9 Å². The van der Waals surface area contributed by atoms with E-state index in [1.165, 1.54) is 4.70 Å². The van der Waals surface area contributed by atoms with Gasteiger partial charge in [-0.15, -0.1) is 11.3 Å². The topological polar surface area (TPSA) is 40.2 Å². The van der Waals surface area contributed by atoms with Gasteiger partial charge in [0, 0.05) is 19.5 Å². The van der Waals surface area contributed by atoms with Gasteiger partial charge in [0.05, 0.1) is 15.2 Å². The molecular weight excluding hydrogens is 300 g/mol. The Balaban J connectivity index is 1.65. The Morgan fingerprint density at radius 2 is 2.00 bits per heavy atom. The van der Waals surface area contributed by atoms with Crippen LogP contribution in [0.3, 0.4) is 0 Å². The summed E-state index contributed by atoms with van der Waals surface area (Å²) in [6.07, 6.45) is 1.99. The molecule has 114 valence electrons. The number of thiazole rings is 1. The monoisotopic (exact) mass is 322 g/mol. The molecule has 6 heteroatoms. The molecule has 2 aromatic rings. The first kappa shape index (κ1) is 16.1. The van der Waals surface area contributed by atoms with Gasteiger partial charge in [-0.3, -0.25) is 0 Å². The zero-order chi connectivity index (χ0) is 15.1. The predicted octanol–water partition coefficient (Wildman–Crippen LogP) is 2.25. The molecule has 1 aromatic heterocycles. The van der Waals surface area contributed by atoms with Crippen LogP contribution in [0.1, 0.15) is 11.4 Å². The molecule has 21 heavy (non-hydrogen) atoms. The maximum absolute atomic E-state index is 5.26. The third-order valence-electron chi connectivity index (χ3n) is 3.03. The number of fused-ring (bicyclic) bond motifs is 1. The first-order chi connectivity index (χ1) is 10.1. The molecule has 0 bridgehead atoms. The van der Waals surface area contributed by atoms with E-state index in [0.29, 0.717) is 0 Å². The van der Waals surface area contributed by atoms with Crippen LogP contribution in [0.5, 0.6) is 0 Å². The molecule has 4 nitrogen and oxygen atoms in total. The van der Waals surface area contributed by atoms with Crippen LogP contribution in [0.2, 0.25) is 0 Å². The lowest BCUT2D eigenvalue weighted by atomic mass is 10.3. The maximum atomic E-state index is 5.26. The van der Waals surface area contributed by atoms with E-state index < -0.39 is 0 Å². The quantitative estimate of drug-likeness (QED) is 0.604. The lowest BCUT2D eigenvalue weighted by Gasteiger charge is -2.12. The zero-order valence-corrected chi connectivity index (χ0v) is 14.2. The lowest BCUT2D eigenvalue weighted by molar-refractivity contribution is 0.400. The highest BCUT2D eigenvalue weighted by Crippen LogP contribution is 2.21. The molecule has 0 fully saturated rings. The van der Waals surface area contributed by atoms with Crippen LogP contribution in [0.15, 0.2) is 24.3 Å². The van der Waals surface area contributed by atoms with Gasteiger partial charge >= 0.3 is 0 Å². The highest BCUT2D eigenvalue weighted by molar-refractivity contribution is 7.80. The summed E-state index contributed by atoms with van der Waals surface area (Å²) in [5, 5.41) is 8.35. The minimum atomic E-state index is 0.731. The van der Waals surface area contributed by atoms with Gasteiger partial charge in [-0.25, -0.2) is 4.98 Å². The first-order valence-corrected chi connectivity index (χ1v) is 8.38. The van der Waals surface area contributed by atoms with Crippen molar-refractivity contribution in [1.29, 1.82) is 0 Å². The molecule has 0 spiro atoms. The van der Waals surface area contributed by atoms with Gasteiger partial charge in [-0.1, -0.05) is 12.1 Å². The average molecular weight is 323 g/mol. The van der Waals surface area contributed by atoms with Crippen molar-refractivity contribution in [2.75, 3.05) is 33.7 Å². The van der Waals surface area contributed by atoms with Crippen LogP contribution in [-0.2, 0) is 6.42 Å². The van der Waals surface area contributed by atoms with Gasteiger partial charge in [0.25, 0.3) is 0 Å². The van der Waals surface area contributed by atoms with Gasteiger partial charge < -0.3 is 15.5 Å². The number of para-hydroxylation sites is 1.